The molecule has 0 unspecified atom stereocenters. The summed E-state index contributed by atoms with van der Waals surface area (Å²) in [7, 11) is 2.22. The Morgan fingerprint density at radius 1 is 1.33 bits per heavy atom. The van der Waals surface area contributed by atoms with Crippen molar-refractivity contribution in [1.82, 2.24) is 9.88 Å². The molecule has 3 nitrogen and oxygen atoms in total. The molecule has 2 rings (SSSR count). The van der Waals surface area contributed by atoms with E-state index in [9.17, 15) is 0 Å². The van der Waals surface area contributed by atoms with E-state index in [0.717, 1.165) is 18.1 Å². The maximum atomic E-state index is 6.11. The molecule has 1 aliphatic carbocycles. The van der Waals surface area contributed by atoms with Gasteiger partial charge in [-0.1, -0.05) is 25.7 Å². The number of rotatable bonds is 4. The Morgan fingerprint density at radius 2 is 2.00 bits per heavy atom. The zero-order chi connectivity index (χ0) is 13.0. The number of aromatic nitrogens is 1. The molecule has 0 aromatic carbocycles. The van der Waals surface area contributed by atoms with Crippen LogP contribution in [-0.2, 0) is 6.54 Å². The lowest BCUT2D eigenvalue weighted by atomic mass is 9.88. The van der Waals surface area contributed by atoms with Crippen molar-refractivity contribution < 1.29 is 0 Å². The first-order valence-electron chi connectivity index (χ1n) is 6.99. The van der Waals surface area contributed by atoms with Gasteiger partial charge in [0.2, 0.25) is 0 Å². The van der Waals surface area contributed by atoms with Crippen LogP contribution in [0.15, 0.2) is 5.38 Å². The van der Waals surface area contributed by atoms with Crippen LogP contribution in [0.1, 0.15) is 49.2 Å². The molecular formula is C14H25N3S. The third kappa shape index (κ3) is 3.11. The second-order valence-corrected chi connectivity index (χ2v) is 6.62. The first-order valence-corrected chi connectivity index (χ1v) is 7.86. The van der Waals surface area contributed by atoms with E-state index in [1.165, 1.54) is 44.2 Å². The third-order valence-electron chi connectivity index (χ3n) is 4.29. The van der Waals surface area contributed by atoms with Gasteiger partial charge in [-0.25, -0.2) is 4.98 Å². The highest BCUT2D eigenvalue weighted by Crippen LogP contribution is 2.32. The molecule has 1 aromatic rings. The topological polar surface area (TPSA) is 42.2 Å². The van der Waals surface area contributed by atoms with Gasteiger partial charge in [0.25, 0.3) is 0 Å². The lowest BCUT2D eigenvalue weighted by molar-refractivity contribution is 0.0985. The summed E-state index contributed by atoms with van der Waals surface area (Å²) in [6.45, 7) is 3.77. The van der Waals surface area contributed by atoms with Crippen LogP contribution in [-0.4, -0.2) is 29.0 Å². The Bertz CT molecular complexity index is 367. The number of hydrogen-bond donors (Lipinski definition) is 1. The van der Waals surface area contributed by atoms with Crippen LogP contribution in [0.5, 0.6) is 0 Å². The summed E-state index contributed by atoms with van der Waals surface area (Å²) >= 11 is 1.73. The van der Waals surface area contributed by atoms with Gasteiger partial charge in [-0.05, 0) is 26.8 Å². The highest BCUT2D eigenvalue weighted by atomic mass is 32.1. The lowest BCUT2D eigenvalue weighted by Gasteiger charge is -2.40. The summed E-state index contributed by atoms with van der Waals surface area (Å²) in [5, 5.41) is 3.33. The van der Waals surface area contributed by atoms with E-state index < -0.39 is 0 Å². The molecule has 4 heteroatoms. The Kier molecular flexibility index (Phi) is 4.76. The van der Waals surface area contributed by atoms with Crippen LogP contribution in [0.3, 0.4) is 0 Å². The van der Waals surface area contributed by atoms with Gasteiger partial charge in [-0.3, -0.25) is 4.90 Å². The molecule has 102 valence electrons. The minimum Gasteiger partial charge on any atom is -0.329 e. The van der Waals surface area contributed by atoms with Crippen molar-refractivity contribution in [3.63, 3.8) is 0 Å². The molecule has 1 saturated carbocycles. The van der Waals surface area contributed by atoms with E-state index in [2.05, 4.69) is 29.2 Å². The van der Waals surface area contributed by atoms with Gasteiger partial charge in [-0.15, -0.1) is 11.3 Å². The van der Waals surface area contributed by atoms with Gasteiger partial charge in [-0.2, -0.15) is 0 Å². The number of nitrogens with two attached hydrogens (primary N) is 1. The van der Waals surface area contributed by atoms with E-state index in [1.807, 2.05) is 0 Å². The highest BCUT2D eigenvalue weighted by Gasteiger charge is 2.33. The van der Waals surface area contributed by atoms with Crippen LogP contribution in [0.4, 0.5) is 0 Å². The van der Waals surface area contributed by atoms with Gasteiger partial charge in [0.05, 0.1) is 10.7 Å². The van der Waals surface area contributed by atoms with Crippen LogP contribution in [0, 0.1) is 6.92 Å². The number of hydrogen-bond acceptors (Lipinski definition) is 4. The molecule has 0 spiro atoms. The number of nitrogens with zero attached hydrogens (tertiary/aromatic N) is 2. The van der Waals surface area contributed by atoms with Gasteiger partial charge < -0.3 is 5.73 Å². The average Bonchev–Trinajstić information content (AvgIpc) is 2.65. The fourth-order valence-corrected chi connectivity index (χ4v) is 3.62. The van der Waals surface area contributed by atoms with E-state index in [4.69, 9.17) is 5.73 Å². The predicted molar refractivity (Wildman–Crippen MR) is 77.8 cm³/mol. The zero-order valence-electron chi connectivity index (χ0n) is 11.6. The third-order valence-corrected chi connectivity index (χ3v) is 5.11. The van der Waals surface area contributed by atoms with E-state index in [-0.39, 0.29) is 5.54 Å². The molecule has 2 N–H and O–H groups in total. The fourth-order valence-electron chi connectivity index (χ4n) is 3.02. The van der Waals surface area contributed by atoms with Gasteiger partial charge >= 0.3 is 0 Å². The van der Waals surface area contributed by atoms with Crippen molar-refractivity contribution in [3.05, 3.63) is 16.1 Å². The number of likely N-dealkylation sites (N-methyl/N-ethyl adjacent to an activating group) is 1. The van der Waals surface area contributed by atoms with Crippen LogP contribution >= 0.6 is 11.3 Å². The van der Waals surface area contributed by atoms with Crippen LogP contribution in [0.25, 0.3) is 0 Å². The first-order chi connectivity index (χ1) is 8.66. The normalized spacial score (nSPS) is 20.0. The molecule has 1 heterocycles. The Hall–Kier alpha value is -0.450. The summed E-state index contributed by atoms with van der Waals surface area (Å²) in [6, 6.07) is 0. The molecular weight excluding hydrogens is 242 g/mol. The zero-order valence-corrected chi connectivity index (χ0v) is 12.4. The monoisotopic (exact) mass is 267 g/mol. The summed E-state index contributed by atoms with van der Waals surface area (Å²) in [6.07, 6.45) is 7.85. The summed E-state index contributed by atoms with van der Waals surface area (Å²) in [5.74, 6) is 0. The lowest BCUT2D eigenvalue weighted by Crippen LogP contribution is -2.51. The molecule has 1 aliphatic rings. The molecule has 0 radical (unpaired) electrons. The summed E-state index contributed by atoms with van der Waals surface area (Å²) < 4.78 is 0. The Balaban J connectivity index is 2.06. The summed E-state index contributed by atoms with van der Waals surface area (Å²) in [4.78, 5) is 7.02. The van der Waals surface area contributed by atoms with Crippen LogP contribution in [0.2, 0.25) is 0 Å². The fraction of sp³-hybridized carbons (Fsp3) is 0.786. The van der Waals surface area contributed by atoms with E-state index in [1.54, 1.807) is 11.3 Å². The van der Waals surface area contributed by atoms with Crippen molar-refractivity contribution in [2.75, 3.05) is 13.6 Å². The quantitative estimate of drug-likeness (QED) is 0.853. The van der Waals surface area contributed by atoms with Gasteiger partial charge in [0.15, 0.2) is 0 Å². The predicted octanol–water partition coefficient (Wildman–Crippen LogP) is 2.94. The summed E-state index contributed by atoms with van der Waals surface area (Å²) in [5.41, 5.74) is 7.50. The maximum Gasteiger partial charge on any atom is 0.0897 e. The second kappa shape index (κ2) is 6.13. The van der Waals surface area contributed by atoms with Crippen molar-refractivity contribution in [1.29, 1.82) is 0 Å². The largest absolute Gasteiger partial charge is 0.329 e. The Labute approximate surface area is 114 Å². The molecule has 0 amide bonds. The van der Waals surface area contributed by atoms with Crippen molar-refractivity contribution in [2.24, 2.45) is 5.73 Å². The minimum absolute atomic E-state index is 0.202. The Morgan fingerprint density at radius 3 is 2.50 bits per heavy atom. The molecule has 0 aliphatic heterocycles. The number of thiazole rings is 1. The van der Waals surface area contributed by atoms with E-state index >= 15 is 0 Å². The van der Waals surface area contributed by atoms with Crippen molar-refractivity contribution in [3.8, 4) is 0 Å². The van der Waals surface area contributed by atoms with Gasteiger partial charge in [0, 0.05) is 24.0 Å². The SMILES string of the molecule is Cc1nc(CN(C)C2(CN)CCCCCC2)cs1. The maximum absolute atomic E-state index is 6.11. The second-order valence-electron chi connectivity index (χ2n) is 5.56. The molecule has 0 saturated heterocycles. The van der Waals surface area contributed by atoms with Crippen LogP contribution < -0.4 is 5.73 Å². The molecule has 0 atom stereocenters. The van der Waals surface area contributed by atoms with Crippen molar-refractivity contribution >= 4 is 11.3 Å². The van der Waals surface area contributed by atoms with E-state index in [0.29, 0.717) is 0 Å². The molecule has 1 fully saturated rings. The number of aryl methyl sites for hydroxylation is 1. The van der Waals surface area contributed by atoms with Crippen molar-refractivity contribution in [2.45, 2.75) is 57.5 Å². The average molecular weight is 267 g/mol. The molecule has 18 heavy (non-hydrogen) atoms. The standard InChI is InChI=1S/C14H25N3S/c1-12-16-13(10-18-12)9-17(2)14(11-15)7-5-3-4-6-8-14/h10H,3-9,11,15H2,1-2H3. The highest BCUT2D eigenvalue weighted by molar-refractivity contribution is 7.09. The first kappa shape index (κ1) is 14.0. The van der Waals surface area contributed by atoms with Gasteiger partial charge in [0.1, 0.15) is 0 Å². The minimum atomic E-state index is 0.202. The molecule has 0 bridgehead atoms. The smallest absolute Gasteiger partial charge is 0.0897 e. The molecule has 1 aromatic heterocycles.